The molecule has 1 saturated carbocycles. The zero-order chi connectivity index (χ0) is 12.0. The molecule has 1 rings (SSSR count). The van der Waals surface area contributed by atoms with Crippen molar-refractivity contribution in [2.75, 3.05) is 6.54 Å². The van der Waals surface area contributed by atoms with Crippen molar-refractivity contribution in [3.63, 3.8) is 0 Å². The molecule has 92 valence electrons. The second kappa shape index (κ2) is 6.30. The molecule has 1 aliphatic carbocycles. The first kappa shape index (κ1) is 13.6. The van der Waals surface area contributed by atoms with Crippen LogP contribution in [0.2, 0.25) is 0 Å². The Morgan fingerprint density at radius 2 is 1.94 bits per heavy atom. The highest BCUT2D eigenvalue weighted by molar-refractivity contribution is 4.86. The Morgan fingerprint density at radius 1 is 1.25 bits per heavy atom. The summed E-state index contributed by atoms with van der Waals surface area (Å²) in [7, 11) is 0. The van der Waals surface area contributed by atoms with Crippen molar-refractivity contribution in [3.05, 3.63) is 0 Å². The molecule has 0 aromatic carbocycles. The Balaban J connectivity index is 2.26. The maximum Gasteiger partial charge on any atom is 0.00966 e. The highest BCUT2D eigenvalue weighted by Gasteiger charge is 2.27. The van der Waals surface area contributed by atoms with Crippen molar-refractivity contribution in [3.8, 4) is 12.3 Å². The van der Waals surface area contributed by atoms with Gasteiger partial charge in [-0.25, -0.2) is 0 Å². The summed E-state index contributed by atoms with van der Waals surface area (Å²) in [4.78, 5) is 0. The van der Waals surface area contributed by atoms with Crippen LogP contribution in [-0.4, -0.2) is 12.1 Å². The van der Waals surface area contributed by atoms with Crippen LogP contribution in [0.25, 0.3) is 0 Å². The van der Waals surface area contributed by atoms with E-state index in [0.29, 0.717) is 0 Å². The Labute approximate surface area is 101 Å². The van der Waals surface area contributed by atoms with Crippen LogP contribution in [0.3, 0.4) is 0 Å². The summed E-state index contributed by atoms with van der Waals surface area (Å²) in [5.74, 6) is 4.55. The molecule has 0 radical (unpaired) electrons. The van der Waals surface area contributed by atoms with E-state index in [-0.39, 0.29) is 5.54 Å². The van der Waals surface area contributed by atoms with E-state index in [0.717, 1.165) is 18.3 Å². The van der Waals surface area contributed by atoms with Crippen LogP contribution in [0.15, 0.2) is 0 Å². The molecule has 1 aliphatic rings. The maximum atomic E-state index is 5.30. The molecule has 0 heterocycles. The van der Waals surface area contributed by atoms with Crippen LogP contribution >= 0.6 is 0 Å². The van der Waals surface area contributed by atoms with Crippen LogP contribution in [0, 0.1) is 24.2 Å². The van der Waals surface area contributed by atoms with Gasteiger partial charge in [-0.15, -0.1) is 12.3 Å². The van der Waals surface area contributed by atoms with Gasteiger partial charge >= 0.3 is 0 Å². The molecule has 0 amide bonds. The van der Waals surface area contributed by atoms with Gasteiger partial charge in [-0.3, -0.25) is 0 Å². The molecular formula is C15H27N. The Kier molecular flexibility index (Phi) is 5.35. The zero-order valence-electron chi connectivity index (χ0n) is 11.2. The van der Waals surface area contributed by atoms with E-state index in [9.17, 15) is 0 Å². The van der Waals surface area contributed by atoms with E-state index in [2.05, 4.69) is 32.0 Å². The lowest BCUT2D eigenvalue weighted by atomic mass is 9.90. The number of nitrogens with one attached hydrogen (secondary N) is 1. The Bertz CT molecular complexity index is 231. The number of terminal acetylenes is 1. The molecule has 1 N–H and O–H groups in total. The highest BCUT2D eigenvalue weighted by Crippen LogP contribution is 2.35. The van der Waals surface area contributed by atoms with E-state index in [4.69, 9.17) is 6.42 Å². The first-order valence-corrected chi connectivity index (χ1v) is 6.71. The second-order valence-electron chi connectivity index (χ2n) is 6.18. The van der Waals surface area contributed by atoms with E-state index in [1.54, 1.807) is 0 Å². The third-order valence-electron chi connectivity index (χ3n) is 3.61. The molecule has 1 heteroatoms. The smallest absolute Gasteiger partial charge is 0.00966 e. The van der Waals surface area contributed by atoms with Crippen LogP contribution in [-0.2, 0) is 0 Å². The molecule has 0 aliphatic heterocycles. The lowest BCUT2D eigenvalue weighted by Gasteiger charge is -2.26. The third-order valence-corrected chi connectivity index (χ3v) is 3.61. The molecule has 2 atom stereocenters. The Morgan fingerprint density at radius 3 is 2.56 bits per heavy atom. The SMILES string of the molecule is C#CCCCC1CCCC1CNC(C)(C)C. The summed E-state index contributed by atoms with van der Waals surface area (Å²) < 4.78 is 0. The van der Waals surface area contributed by atoms with E-state index < -0.39 is 0 Å². The van der Waals surface area contributed by atoms with Crippen molar-refractivity contribution in [2.45, 2.75) is 64.8 Å². The molecule has 0 bridgehead atoms. The van der Waals surface area contributed by atoms with Gasteiger partial charge in [0, 0.05) is 12.0 Å². The fraction of sp³-hybridized carbons (Fsp3) is 0.867. The summed E-state index contributed by atoms with van der Waals surface area (Å²) in [6, 6.07) is 0. The largest absolute Gasteiger partial charge is 0.312 e. The summed E-state index contributed by atoms with van der Waals surface area (Å²) in [5, 5.41) is 3.64. The number of hydrogen-bond donors (Lipinski definition) is 1. The maximum absolute atomic E-state index is 5.30. The van der Waals surface area contributed by atoms with Gasteiger partial charge in [-0.1, -0.05) is 12.8 Å². The molecular weight excluding hydrogens is 194 g/mol. The van der Waals surface area contributed by atoms with Crippen molar-refractivity contribution >= 4 is 0 Å². The fourth-order valence-electron chi connectivity index (χ4n) is 2.67. The van der Waals surface area contributed by atoms with Gasteiger partial charge < -0.3 is 5.32 Å². The van der Waals surface area contributed by atoms with Crippen LogP contribution < -0.4 is 5.32 Å². The van der Waals surface area contributed by atoms with Gasteiger partial charge in [0.05, 0.1) is 0 Å². The zero-order valence-corrected chi connectivity index (χ0v) is 11.2. The van der Waals surface area contributed by atoms with Gasteiger partial charge in [0.2, 0.25) is 0 Å². The first-order chi connectivity index (χ1) is 7.53. The van der Waals surface area contributed by atoms with Gasteiger partial charge in [0.15, 0.2) is 0 Å². The molecule has 16 heavy (non-hydrogen) atoms. The van der Waals surface area contributed by atoms with E-state index >= 15 is 0 Å². The molecule has 0 aromatic rings. The van der Waals surface area contributed by atoms with Gasteiger partial charge in [0.1, 0.15) is 0 Å². The predicted octanol–water partition coefficient (Wildman–Crippen LogP) is 3.59. The van der Waals surface area contributed by atoms with Crippen molar-refractivity contribution in [2.24, 2.45) is 11.8 Å². The summed E-state index contributed by atoms with van der Waals surface area (Å²) in [6.07, 6.45) is 13.0. The van der Waals surface area contributed by atoms with Gasteiger partial charge in [-0.2, -0.15) is 0 Å². The highest BCUT2D eigenvalue weighted by atomic mass is 14.9. The lowest BCUT2D eigenvalue weighted by Crippen LogP contribution is -2.39. The molecule has 1 fully saturated rings. The number of unbranched alkanes of at least 4 members (excludes halogenated alkanes) is 1. The van der Waals surface area contributed by atoms with Crippen LogP contribution in [0.4, 0.5) is 0 Å². The normalized spacial score (nSPS) is 25.6. The van der Waals surface area contributed by atoms with Gasteiger partial charge in [0.25, 0.3) is 0 Å². The number of hydrogen-bond acceptors (Lipinski definition) is 1. The first-order valence-electron chi connectivity index (χ1n) is 6.71. The molecule has 0 aromatic heterocycles. The molecule has 0 saturated heterocycles. The third kappa shape index (κ3) is 5.03. The molecule has 0 spiro atoms. The van der Waals surface area contributed by atoms with Crippen molar-refractivity contribution < 1.29 is 0 Å². The minimum Gasteiger partial charge on any atom is -0.312 e. The monoisotopic (exact) mass is 221 g/mol. The minimum atomic E-state index is 0.256. The van der Waals surface area contributed by atoms with Crippen LogP contribution in [0.5, 0.6) is 0 Å². The number of rotatable bonds is 5. The lowest BCUT2D eigenvalue weighted by molar-refractivity contribution is 0.304. The average molecular weight is 221 g/mol. The van der Waals surface area contributed by atoms with Crippen molar-refractivity contribution in [1.82, 2.24) is 5.32 Å². The van der Waals surface area contributed by atoms with E-state index in [1.165, 1.54) is 38.6 Å². The summed E-state index contributed by atoms with van der Waals surface area (Å²) >= 11 is 0. The second-order valence-corrected chi connectivity index (χ2v) is 6.18. The summed E-state index contributed by atoms with van der Waals surface area (Å²) in [5.41, 5.74) is 0.256. The van der Waals surface area contributed by atoms with Crippen molar-refractivity contribution in [1.29, 1.82) is 0 Å². The fourth-order valence-corrected chi connectivity index (χ4v) is 2.67. The van der Waals surface area contributed by atoms with E-state index in [1.807, 2.05) is 0 Å². The van der Waals surface area contributed by atoms with Crippen LogP contribution in [0.1, 0.15) is 59.3 Å². The predicted molar refractivity (Wildman–Crippen MR) is 71.3 cm³/mol. The Hall–Kier alpha value is -0.480. The topological polar surface area (TPSA) is 12.0 Å². The average Bonchev–Trinajstić information content (AvgIpc) is 2.62. The molecule has 2 unspecified atom stereocenters. The minimum absolute atomic E-state index is 0.256. The standard InChI is InChI=1S/C15H27N/c1-5-6-7-9-13-10-8-11-14(13)12-16-15(2,3)4/h1,13-14,16H,6-12H2,2-4H3. The molecule has 1 nitrogen and oxygen atoms in total. The summed E-state index contributed by atoms with van der Waals surface area (Å²) in [6.45, 7) is 7.92. The quantitative estimate of drug-likeness (QED) is 0.552. The van der Waals surface area contributed by atoms with Gasteiger partial charge in [-0.05, 0) is 58.4 Å².